The molecule has 0 amide bonds. The molecule has 1 heterocycles. The highest BCUT2D eigenvalue weighted by molar-refractivity contribution is 5.83. The molecular weight excluding hydrogens is 180 g/mol. The van der Waals surface area contributed by atoms with Crippen LogP contribution in [-0.2, 0) is 9.47 Å². The topological polar surface area (TPSA) is 42.9 Å². The van der Waals surface area contributed by atoms with E-state index in [2.05, 4.69) is 10.3 Å². The number of nitrogens with zero attached hydrogens (tertiary/aromatic N) is 1. The first-order valence-electron chi connectivity index (χ1n) is 5.27. The summed E-state index contributed by atoms with van der Waals surface area (Å²) in [4.78, 5) is 4.33. The molecule has 0 aromatic carbocycles. The third-order valence-corrected chi connectivity index (χ3v) is 2.10. The van der Waals surface area contributed by atoms with Crippen molar-refractivity contribution in [3.63, 3.8) is 0 Å². The number of nitrogens with one attached hydrogen (secondary N) is 1. The van der Waals surface area contributed by atoms with Gasteiger partial charge in [-0.2, -0.15) is 0 Å². The Morgan fingerprint density at radius 2 is 2.29 bits per heavy atom. The minimum Gasteiger partial charge on any atom is -0.382 e. The fourth-order valence-electron chi connectivity index (χ4n) is 1.34. The predicted molar refractivity (Wildman–Crippen MR) is 56.9 cm³/mol. The number of aliphatic imine (C=N–C) groups is 1. The van der Waals surface area contributed by atoms with Gasteiger partial charge in [-0.15, -0.1) is 0 Å². The molecule has 0 atom stereocenters. The van der Waals surface area contributed by atoms with Crippen LogP contribution < -0.4 is 5.32 Å². The normalized spacial score (nSPS) is 15.6. The van der Waals surface area contributed by atoms with E-state index in [9.17, 15) is 0 Å². The molecule has 0 bridgehead atoms. The maximum Gasteiger partial charge on any atom is 0.0963 e. The molecule has 0 aliphatic carbocycles. The molecule has 14 heavy (non-hydrogen) atoms. The molecule has 0 aromatic heterocycles. The van der Waals surface area contributed by atoms with E-state index in [-0.39, 0.29) is 0 Å². The Morgan fingerprint density at radius 3 is 3.00 bits per heavy atom. The fraction of sp³-hybridized carbons (Fsp3) is 0.900. The Balaban J connectivity index is 1.80. The third-order valence-electron chi connectivity index (χ3n) is 2.10. The maximum atomic E-state index is 5.33. The summed E-state index contributed by atoms with van der Waals surface area (Å²) < 4.78 is 10.2. The predicted octanol–water partition coefficient (Wildman–Crippen LogP) is 0.821. The van der Waals surface area contributed by atoms with E-state index in [0.29, 0.717) is 13.2 Å². The molecule has 1 aliphatic rings. The highest BCUT2D eigenvalue weighted by Gasteiger charge is 2.03. The highest BCUT2D eigenvalue weighted by Crippen LogP contribution is 2.00. The van der Waals surface area contributed by atoms with Gasteiger partial charge in [0.1, 0.15) is 0 Å². The van der Waals surface area contributed by atoms with Gasteiger partial charge in [0.15, 0.2) is 0 Å². The molecule has 4 nitrogen and oxygen atoms in total. The van der Waals surface area contributed by atoms with Crippen LogP contribution in [0.1, 0.15) is 19.3 Å². The van der Waals surface area contributed by atoms with Crippen molar-refractivity contribution >= 4 is 5.84 Å². The van der Waals surface area contributed by atoms with Crippen LogP contribution >= 0.6 is 0 Å². The number of hydrogen-bond acceptors (Lipinski definition) is 4. The van der Waals surface area contributed by atoms with Gasteiger partial charge in [-0.05, 0) is 12.8 Å². The number of hydrogen-bond donors (Lipinski definition) is 1. The number of methoxy groups -OCH3 is 1. The maximum absolute atomic E-state index is 5.33. The molecule has 1 aliphatic heterocycles. The second-order valence-electron chi connectivity index (χ2n) is 3.32. The van der Waals surface area contributed by atoms with E-state index in [1.165, 1.54) is 12.3 Å². The summed E-state index contributed by atoms with van der Waals surface area (Å²) in [7, 11) is 1.68. The molecule has 0 spiro atoms. The van der Waals surface area contributed by atoms with Crippen molar-refractivity contribution in [2.24, 2.45) is 4.99 Å². The summed E-state index contributed by atoms with van der Waals surface area (Å²) in [6, 6.07) is 0. The van der Waals surface area contributed by atoms with Crippen molar-refractivity contribution in [1.82, 2.24) is 5.32 Å². The molecule has 0 unspecified atom stereocenters. The van der Waals surface area contributed by atoms with Crippen LogP contribution in [-0.4, -0.2) is 45.9 Å². The molecule has 1 N–H and O–H groups in total. The number of ether oxygens (including phenoxy) is 2. The lowest BCUT2D eigenvalue weighted by atomic mass is 10.3. The Morgan fingerprint density at radius 1 is 1.36 bits per heavy atom. The molecule has 0 fully saturated rings. The zero-order valence-electron chi connectivity index (χ0n) is 8.92. The lowest BCUT2D eigenvalue weighted by Gasteiger charge is -2.06. The van der Waals surface area contributed by atoms with Crippen molar-refractivity contribution in [1.29, 1.82) is 0 Å². The summed E-state index contributed by atoms with van der Waals surface area (Å²) >= 11 is 0. The zero-order chi connectivity index (χ0) is 10.1. The second-order valence-corrected chi connectivity index (χ2v) is 3.32. The van der Waals surface area contributed by atoms with Gasteiger partial charge in [-0.1, -0.05) is 0 Å². The average molecular weight is 200 g/mol. The van der Waals surface area contributed by atoms with Crippen LogP contribution in [0.2, 0.25) is 0 Å². The molecule has 82 valence electrons. The van der Waals surface area contributed by atoms with Crippen molar-refractivity contribution < 1.29 is 9.47 Å². The van der Waals surface area contributed by atoms with Gasteiger partial charge in [-0.3, -0.25) is 4.99 Å². The highest BCUT2D eigenvalue weighted by atomic mass is 16.5. The Labute approximate surface area is 85.7 Å². The lowest BCUT2D eigenvalue weighted by molar-refractivity contribution is 0.0699. The molecule has 4 heteroatoms. The first kappa shape index (κ1) is 11.5. The minimum atomic E-state index is 0.681. The SMILES string of the molecule is COCCOCCCNC1=NCCC1. The van der Waals surface area contributed by atoms with Gasteiger partial charge in [0.25, 0.3) is 0 Å². The van der Waals surface area contributed by atoms with Crippen molar-refractivity contribution in [2.75, 3.05) is 40.0 Å². The monoisotopic (exact) mass is 200 g/mol. The summed E-state index contributed by atoms with van der Waals surface area (Å²) in [5.74, 6) is 1.17. The smallest absolute Gasteiger partial charge is 0.0963 e. The Bertz CT molecular complexity index is 172. The van der Waals surface area contributed by atoms with Gasteiger partial charge in [0.2, 0.25) is 0 Å². The van der Waals surface area contributed by atoms with E-state index in [4.69, 9.17) is 9.47 Å². The van der Waals surface area contributed by atoms with Gasteiger partial charge < -0.3 is 14.8 Å². The number of rotatable bonds is 7. The van der Waals surface area contributed by atoms with Crippen LogP contribution in [0.4, 0.5) is 0 Å². The van der Waals surface area contributed by atoms with Crippen LogP contribution in [0, 0.1) is 0 Å². The largest absolute Gasteiger partial charge is 0.382 e. The molecule has 0 saturated heterocycles. The van der Waals surface area contributed by atoms with E-state index in [1.807, 2.05) is 0 Å². The van der Waals surface area contributed by atoms with Crippen molar-refractivity contribution in [3.05, 3.63) is 0 Å². The molecule has 1 rings (SSSR count). The first-order chi connectivity index (χ1) is 6.93. The molecular formula is C10H20N2O2. The van der Waals surface area contributed by atoms with Crippen LogP contribution in [0.25, 0.3) is 0 Å². The summed E-state index contributed by atoms with van der Waals surface area (Å²) in [5.41, 5.74) is 0. The molecule has 0 radical (unpaired) electrons. The first-order valence-corrected chi connectivity index (χ1v) is 5.27. The quantitative estimate of drug-likeness (QED) is 0.619. The lowest BCUT2D eigenvalue weighted by Crippen LogP contribution is -2.23. The fourth-order valence-corrected chi connectivity index (χ4v) is 1.34. The Kier molecular flexibility index (Phi) is 6.36. The van der Waals surface area contributed by atoms with Gasteiger partial charge in [0, 0.05) is 33.2 Å². The minimum absolute atomic E-state index is 0.681. The van der Waals surface area contributed by atoms with E-state index in [1.54, 1.807) is 7.11 Å². The number of amidine groups is 1. The van der Waals surface area contributed by atoms with E-state index >= 15 is 0 Å². The second kappa shape index (κ2) is 7.76. The summed E-state index contributed by atoms with van der Waals surface area (Å²) in [5, 5.41) is 3.31. The van der Waals surface area contributed by atoms with Gasteiger partial charge >= 0.3 is 0 Å². The molecule has 0 saturated carbocycles. The standard InChI is InChI=1S/C10H20N2O2/c1-13-8-9-14-7-3-6-12-10-4-2-5-11-10/h2-9H2,1H3,(H,11,12). The van der Waals surface area contributed by atoms with E-state index in [0.717, 1.165) is 32.5 Å². The van der Waals surface area contributed by atoms with Crippen LogP contribution in [0.3, 0.4) is 0 Å². The van der Waals surface area contributed by atoms with Crippen molar-refractivity contribution in [2.45, 2.75) is 19.3 Å². The molecule has 0 aromatic rings. The van der Waals surface area contributed by atoms with Gasteiger partial charge in [0.05, 0.1) is 19.0 Å². The zero-order valence-corrected chi connectivity index (χ0v) is 8.92. The summed E-state index contributed by atoms with van der Waals surface area (Å²) in [6.07, 6.45) is 3.35. The Hall–Kier alpha value is -0.610. The van der Waals surface area contributed by atoms with E-state index < -0.39 is 0 Å². The van der Waals surface area contributed by atoms with Gasteiger partial charge in [-0.25, -0.2) is 0 Å². The third kappa shape index (κ3) is 5.19. The average Bonchev–Trinajstić information content (AvgIpc) is 2.69. The van der Waals surface area contributed by atoms with Crippen molar-refractivity contribution in [3.8, 4) is 0 Å². The summed E-state index contributed by atoms with van der Waals surface area (Å²) in [6.45, 7) is 4.12. The van der Waals surface area contributed by atoms with Crippen LogP contribution in [0.15, 0.2) is 4.99 Å². The van der Waals surface area contributed by atoms with Crippen LogP contribution in [0.5, 0.6) is 0 Å².